The molecule has 0 unspecified atom stereocenters. The molecule has 0 atom stereocenters. The van der Waals surface area contributed by atoms with Crippen molar-refractivity contribution in [1.29, 1.82) is 0 Å². The molecular formula is C18H18N4O2S. The van der Waals surface area contributed by atoms with Crippen molar-refractivity contribution >= 4 is 22.5 Å². The first-order chi connectivity index (χ1) is 12.2. The monoisotopic (exact) mass is 354 g/mol. The topological polar surface area (TPSA) is 76.1 Å². The minimum absolute atomic E-state index is 0.260. The van der Waals surface area contributed by atoms with E-state index in [1.165, 1.54) is 11.3 Å². The number of pyridine rings is 1. The Morgan fingerprint density at radius 3 is 2.64 bits per heavy atom. The Hall–Kier alpha value is -2.93. The fourth-order valence-corrected chi connectivity index (χ4v) is 2.96. The molecule has 6 nitrogen and oxygen atoms in total. The van der Waals surface area contributed by atoms with Gasteiger partial charge in [-0.3, -0.25) is 10.3 Å². The fourth-order valence-electron chi connectivity index (χ4n) is 2.24. The second kappa shape index (κ2) is 8.25. The third kappa shape index (κ3) is 4.77. The van der Waals surface area contributed by atoms with Crippen LogP contribution in [0.1, 0.15) is 5.56 Å². The van der Waals surface area contributed by atoms with E-state index in [0.717, 1.165) is 29.0 Å². The van der Waals surface area contributed by atoms with E-state index < -0.39 is 0 Å². The number of rotatable bonds is 6. The summed E-state index contributed by atoms with van der Waals surface area (Å²) >= 11 is 1.39. The van der Waals surface area contributed by atoms with Gasteiger partial charge in [-0.25, -0.2) is 9.78 Å². The molecular weight excluding hydrogens is 336 g/mol. The summed E-state index contributed by atoms with van der Waals surface area (Å²) in [4.78, 5) is 20.4. The van der Waals surface area contributed by atoms with Gasteiger partial charge in [-0.2, -0.15) is 0 Å². The van der Waals surface area contributed by atoms with Crippen molar-refractivity contribution in [2.24, 2.45) is 0 Å². The van der Waals surface area contributed by atoms with Crippen molar-refractivity contribution in [3.05, 3.63) is 59.7 Å². The molecule has 0 radical (unpaired) electrons. The van der Waals surface area contributed by atoms with Crippen LogP contribution in [0, 0.1) is 0 Å². The molecule has 0 fully saturated rings. The highest BCUT2D eigenvalue weighted by molar-refractivity contribution is 7.14. The number of urea groups is 1. The van der Waals surface area contributed by atoms with Gasteiger partial charge in [0.25, 0.3) is 0 Å². The number of hydrogen-bond acceptors (Lipinski definition) is 5. The number of hydrogen-bond donors (Lipinski definition) is 2. The third-order valence-corrected chi connectivity index (χ3v) is 4.32. The Balaban J connectivity index is 1.47. The highest BCUT2D eigenvalue weighted by atomic mass is 32.1. The summed E-state index contributed by atoms with van der Waals surface area (Å²) in [6.45, 7) is 0.542. The van der Waals surface area contributed by atoms with Crippen LogP contribution in [0.25, 0.3) is 11.3 Å². The Labute approximate surface area is 149 Å². The van der Waals surface area contributed by atoms with Gasteiger partial charge in [-0.15, -0.1) is 11.3 Å². The predicted molar refractivity (Wildman–Crippen MR) is 99.1 cm³/mol. The van der Waals surface area contributed by atoms with Crippen molar-refractivity contribution in [2.45, 2.75) is 6.42 Å². The Morgan fingerprint density at radius 2 is 1.92 bits per heavy atom. The third-order valence-electron chi connectivity index (χ3n) is 3.56. The van der Waals surface area contributed by atoms with Crippen LogP contribution in [0.4, 0.5) is 9.93 Å². The van der Waals surface area contributed by atoms with Gasteiger partial charge in [0.2, 0.25) is 0 Å². The van der Waals surface area contributed by atoms with Crippen LogP contribution < -0.4 is 15.4 Å². The van der Waals surface area contributed by atoms with Crippen molar-refractivity contribution in [1.82, 2.24) is 15.3 Å². The highest BCUT2D eigenvalue weighted by Crippen LogP contribution is 2.24. The zero-order chi connectivity index (χ0) is 17.5. The Bertz CT molecular complexity index is 819. The molecule has 128 valence electrons. The van der Waals surface area contributed by atoms with Crippen LogP contribution in [-0.2, 0) is 6.42 Å². The van der Waals surface area contributed by atoms with E-state index in [9.17, 15) is 4.79 Å². The van der Waals surface area contributed by atoms with Crippen LogP contribution in [0.3, 0.4) is 0 Å². The molecule has 1 aromatic carbocycles. The summed E-state index contributed by atoms with van der Waals surface area (Å²) in [6.07, 6.45) is 4.18. The van der Waals surface area contributed by atoms with Gasteiger partial charge in [0.15, 0.2) is 5.13 Å². The second-order valence-corrected chi connectivity index (χ2v) is 6.11. The van der Waals surface area contributed by atoms with Crippen molar-refractivity contribution in [3.63, 3.8) is 0 Å². The van der Waals surface area contributed by atoms with E-state index in [1.807, 2.05) is 41.8 Å². The quantitative estimate of drug-likeness (QED) is 0.709. The molecule has 0 aliphatic heterocycles. The van der Waals surface area contributed by atoms with Gasteiger partial charge in [0.05, 0.1) is 12.8 Å². The molecule has 2 aromatic heterocycles. The highest BCUT2D eigenvalue weighted by Gasteiger charge is 2.07. The van der Waals surface area contributed by atoms with Crippen LogP contribution >= 0.6 is 11.3 Å². The average molecular weight is 354 g/mol. The number of aromatic nitrogens is 2. The average Bonchev–Trinajstić information content (AvgIpc) is 3.11. The van der Waals surface area contributed by atoms with Gasteiger partial charge >= 0.3 is 6.03 Å². The van der Waals surface area contributed by atoms with E-state index in [-0.39, 0.29) is 6.03 Å². The Morgan fingerprint density at radius 1 is 1.16 bits per heavy atom. The lowest BCUT2D eigenvalue weighted by molar-refractivity contribution is 0.252. The number of methoxy groups -OCH3 is 1. The molecule has 2 amide bonds. The maximum atomic E-state index is 12.0. The van der Waals surface area contributed by atoms with E-state index >= 15 is 0 Å². The molecule has 7 heteroatoms. The lowest BCUT2D eigenvalue weighted by Crippen LogP contribution is -2.30. The van der Waals surface area contributed by atoms with Gasteiger partial charge in [0, 0.05) is 29.9 Å². The molecule has 3 aromatic rings. The van der Waals surface area contributed by atoms with Gasteiger partial charge in [0.1, 0.15) is 5.75 Å². The lowest BCUT2D eigenvalue weighted by Gasteiger charge is -2.06. The molecule has 25 heavy (non-hydrogen) atoms. The molecule has 0 aliphatic carbocycles. The lowest BCUT2D eigenvalue weighted by atomic mass is 10.1. The number of nitrogens with zero attached hydrogens (tertiary/aromatic N) is 2. The summed E-state index contributed by atoms with van der Waals surface area (Å²) in [5.74, 6) is 0.822. The molecule has 3 rings (SSSR count). The minimum Gasteiger partial charge on any atom is -0.497 e. The standard InChI is InChI=1S/C18H18N4O2S/c1-24-15-4-2-13(3-5-15)6-11-20-17(23)22-18-21-16(12-25-18)14-7-9-19-10-8-14/h2-5,7-10,12H,6,11H2,1H3,(H2,20,21,22,23). The molecule has 0 spiro atoms. The normalized spacial score (nSPS) is 10.3. The number of ether oxygens (including phenoxy) is 1. The number of benzene rings is 1. The number of thiazole rings is 1. The maximum absolute atomic E-state index is 12.0. The summed E-state index contributed by atoms with van der Waals surface area (Å²) in [5, 5.41) is 8.06. The van der Waals surface area contributed by atoms with E-state index in [2.05, 4.69) is 20.6 Å². The van der Waals surface area contributed by atoms with Crippen LogP contribution in [0.15, 0.2) is 54.2 Å². The number of anilines is 1. The van der Waals surface area contributed by atoms with Crippen molar-refractivity contribution < 1.29 is 9.53 Å². The minimum atomic E-state index is -0.260. The molecule has 0 aliphatic rings. The predicted octanol–water partition coefficient (Wildman–Crippen LogP) is 3.58. The van der Waals surface area contributed by atoms with E-state index in [1.54, 1.807) is 19.5 Å². The van der Waals surface area contributed by atoms with Crippen LogP contribution in [-0.4, -0.2) is 29.7 Å². The molecule has 0 bridgehead atoms. The van der Waals surface area contributed by atoms with Crippen molar-refractivity contribution in [2.75, 3.05) is 19.0 Å². The maximum Gasteiger partial charge on any atom is 0.321 e. The molecule has 2 heterocycles. The first kappa shape index (κ1) is 16.9. The number of carbonyl (C=O) groups is 1. The zero-order valence-corrected chi connectivity index (χ0v) is 14.5. The van der Waals surface area contributed by atoms with Crippen molar-refractivity contribution in [3.8, 4) is 17.0 Å². The van der Waals surface area contributed by atoms with Gasteiger partial charge in [-0.05, 0) is 36.2 Å². The summed E-state index contributed by atoms with van der Waals surface area (Å²) in [7, 11) is 1.64. The molecule has 0 saturated carbocycles. The Kier molecular flexibility index (Phi) is 5.58. The van der Waals surface area contributed by atoms with Crippen LogP contribution in [0.5, 0.6) is 5.75 Å². The summed E-state index contributed by atoms with van der Waals surface area (Å²) < 4.78 is 5.12. The number of amides is 2. The first-order valence-corrected chi connectivity index (χ1v) is 8.66. The summed E-state index contributed by atoms with van der Waals surface area (Å²) in [5.41, 5.74) is 2.93. The SMILES string of the molecule is COc1ccc(CCNC(=O)Nc2nc(-c3ccncc3)cs2)cc1. The second-order valence-electron chi connectivity index (χ2n) is 5.25. The first-order valence-electron chi connectivity index (χ1n) is 7.78. The molecule has 2 N–H and O–H groups in total. The largest absolute Gasteiger partial charge is 0.497 e. The van der Waals surface area contributed by atoms with E-state index in [4.69, 9.17) is 4.74 Å². The van der Waals surface area contributed by atoms with Gasteiger partial charge < -0.3 is 10.1 Å². The number of carbonyl (C=O) groups excluding carboxylic acids is 1. The zero-order valence-electron chi connectivity index (χ0n) is 13.7. The number of nitrogens with one attached hydrogen (secondary N) is 2. The summed E-state index contributed by atoms with van der Waals surface area (Å²) in [6, 6.07) is 11.3. The van der Waals surface area contributed by atoms with Crippen LogP contribution in [0.2, 0.25) is 0 Å². The van der Waals surface area contributed by atoms with Gasteiger partial charge in [-0.1, -0.05) is 12.1 Å². The smallest absolute Gasteiger partial charge is 0.321 e. The molecule has 0 saturated heterocycles. The fraction of sp³-hybridized carbons (Fsp3) is 0.167. The van der Waals surface area contributed by atoms with E-state index in [0.29, 0.717) is 11.7 Å².